The van der Waals surface area contributed by atoms with Crippen LogP contribution in [0.25, 0.3) is 0 Å². The van der Waals surface area contributed by atoms with E-state index in [2.05, 4.69) is 4.99 Å². The first-order chi connectivity index (χ1) is 12.4. The Labute approximate surface area is 158 Å². The predicted octanol–water partition coefficient (Wildman–Crippen LogP) is 3.26. The van der Waals surface area contributed by atoms with E-state index < -0.39 is 28.3 Å². The minimum atomic E-state index is -4.98. The Morgan fingerprint density at radius 3 is 2.15 bits per heavy atom. The molecule has 1 atom stereocenters. The van der Waals surface area contributed by atoms with Gasteiger partial charge < -0.3 is 10.0 Å². The average molecular weight is 419 g/mol. The van der Waals surface area contributed by atoms with Crippen molar-refractivity contribution in [3.8, 4) is 0 Å². The van der Waals surface area contributed by atoms with Gasteiger partial charge in [-0.05, 0) is 48.5 Å². The molecule has 10 heteroatoms. The van der Waals surface area contributed by atoms with E-state index in [4.69, 9.17) is 11.6 Å². The molecule has 2 aromatic carbocycles. The lowest BCUT2D eigenvalue weighted by atomic mass is 10.1. The zero-order valence-electron chi connectivity index (χ0n) is 13.9. The standard InChI is InChI=1S/C17H14ClF3N2O3S/c1-27(25,26)14-8-6-13(7-9-14)23-10-16(24,17(19,20)21)22-15(23)11-2-4-12(18)5-3-11/h2-9,24H,10H2,1H3. The monoisotopic (exact) mass is 418 g/mol. The summed E-state index contributed by atoms with van der Waals surface area (Å²) in [6.45, 7) is -0.854. The Balaban J connectivity index is 2.07. The largest absolute Gasteiger partial charge is 0.440 e. The predicted molar refractivity (Wildman–Crippen MR) is 95.9 cm³/mol. The van der Waals surface area contributed by atoms with Crippen LogP contribution in [0.3, 0.4) is 0 Å². The number of aliphatic imine (C=N–C) groups is 1. The fourth-order valence-electron chi connectivity index (χ4n) is 2.63. The molecule has 0 fully saturated rings. The molecule has 0 saturated carbocycles. The second-order valence-corrected chi connectivity index (χ2v) is 8.56. The van der Waals surface area contributed by atoms with E-state index in [0.29, 0.717) is 10.6 Å². The topological polar surface area (TPSA) is 70.0 Å². The summed E-state index contributed by atoms with van der Waals surface area (Å²) in [5, 5.41) is 10.4. The molecule has 2 aromatic rings. The summed E-state index contributed by atoms with van der Waals surface area (Å²) in [7, 11) is -3.45. The van der Waals surface area contributed by atoms with Gasteiger partial charge in [0.25, 0.3) is 5.72 Å². The smallest absolute Gasteiger partial charge is 0.361 e. The molecule has 144 valence electrons. The van der Waals surface area contributed by atoms with E-state index >= 15 is 0 Å². The fourth-order valence-corrected chi connectivity index (χ4v) is 3.38. The molecule has 1 aliphatic heterocycles. The van der Waals surface area contributed by atoms with Crippen molar-refractivity contribution >= 4 is 33.0 Å². The first kappa shape index (κ1) is 19.7. The number of rotatable bonds is 3. The van der Waals surface area contributed by atoms with E-state index in [0.717, 1.165) is 6.26 Å². The fraction of sp³-hybridized carbons (Fsp3) is 0.235. The Hall–Kier alpha value is -2.10. The highest BCUT2D eigenvalue weighted by Gasteiger charge is 2.58. The zero-order valence-corrected chi connectivity index (χ0v) is 15.5. The van der Waals surface area contributed by atoms with Gasteiger partial charge in [0.15, 0.2) is 9.84 Å². The number of benzene rings is 2. The van der Waals surface area contributed by atoms with Crippen molar-refractivity contribution in [2.75, 3.05) is 17.7 Å². The van der Waals surface area contributed by atoms with Gasteiger partial charge in [0.1, 0.15) is 5.84 Å². The Kier molecular flexibility index (Phi) is 4.73. The quantitative estimate of drug-likeness (QED) is 0.830. The zero-order chi connectivity index (χ0) is 20.0. The highest BCUT2D eigenvalue weighted by molar-refractivity contribution is 7.90. The van der Waals surface area contributed by atoms with Gasteiger partial charge in [-0.15, -0.1) is 0 Å². The summed E-state index contributed by atoms with van der Waals surface area (Å²) in [6.07, 6.45) is -3.95. The van der Waals surface area contributed by atoms with E-state index in [9.17, 15) is 26.7 Å². The summed E-state index contributed by atoms with van der Waals surface area (Å²) in [5.74, 6) is -0.0985. The maximum atomic E-state index is 13.3. The van der Waals surface area contributed by atoms with Crippen LogP contribution in [0.2, 0.25) is 5.02 Å². The molecule has 27 heavy (non-hydrogen) atoms. The lowest BCUT2D eigenvalue weighted by Gasteiger charge is -2.25. The van der Waals surface area contributed by atoms with Crippen molar-refractivity contribution in [1.29, 1.82) is 0 Å². The average Bonchev–Trinajstić information content (AvgIpc) is 2.94. The number of amidine groups is 1. The summed E-state index contributed by atoms with van der Waals surface area (Å²) in [6, 6.07) is 11.3. The molecule has 3 rings (SSSR count). The number of aliphatic hydroxyl groups is 1. The molecule has 0 saturated heterocycles. The van der Waals surface area contributed by atoms with Crippen LogP contribution in [-0.4, -0.2) is 44.1 Å². The Morgan fingerprint density at radius 2 is 1.67 bits per heavy atom. The number of hydrogen-bond donors (Lipinski definition) is 1. The van der Waals surface area contributed by atoms with Gasteiger partial charge in [-0.1, -0.05) is 11.6 Å². The van der Waals surface area contributed by atoms with Gasteiger partial charge in [-0.3, -0.25) is 0 Å². The van der Waals surface area contributed by atoms with Crippen LogP contribution in [0.1, 0.15) is 5.56 Å². The summed E-state index contributed by atoms with van der Waals surface area (Å²) < 4.78 is 63.1. The molecule has 1 heterocycles. The maximum absolute atomic E-state index is 13.3. The molecule has 1 unspecified atom stereocenters. The van der Waals surface area contributed by atoms with Crippen LogP contribution in [0.15, 0.2) is 58.4 Å². The molecule has 0 bridgehead atoms. The number of alkyl halides is 3. The number of anilines is 1. The molecular weight excluding hydrogens is 405 g/mol. The molecule has 1 aliphatic rings. The van der Waals surface area contributed by atoms with E-state index in [1.165, 1.54) is 53.4 Å². The second-order valence-electron chi connectivity index (χ2n) is 6.11. The van der Waals surface area contributed by atoms with Crippen LogP contribution in [0.5, 0.6) is 0 Å². The van der Waals surface area contributed by atoms with Crippen LogP contribution < -0.4 is 4.90 Å². The third-order valence-corrected chi connectivity index (χ3v) is 5.44. The van der Waals surface area contributed by atoms with Gasteiger partial charge in [-0.2, -0.15) is 13.2 Å². The van der Waals surface area contributed by atoms with Gasteiger partial charge in [0.2, 0.25) is 0 Å². The van der Waals surface area contributed by atoms with Crippen LogP contribution in [0, 0.1) is 0 Å². The van der Waals surface area contributed by atoms with Crippen molar-refractivity contribution in [2.24, 2.45) is 4.99 Å². The van der Waals surface area contributed by atoms with Gasteiger partial charge in [-0.25, -0.2) is 13.4 Å². The van der Waals surface area contributed by atoms with Crippen molar-refractivity contribution in [3.05, 3.63) is 59.1 Å². The van der Waals surface area contributed by atoms with Crippen molar-refractivity contribution in [1.82, 2.24) is 0 Å². The van der Waals surface area contributed by atoms with Crippen molar-refractivity contribution in [2.45, 2.75) is 16.8 Å². The van der Waals surface area contributed by atoms with Gasteiger partial charge >= 0.3 is 6.18 Å². The van der Waals surface area contributed by atoms with Crippen molar-refractivity contribution in [3.63, 3.8) is 0 Å². The minimum Gasteiger partial charge on any atom is -0.361 e. The normalized spacial score (nSPS) is 20.7. The molecule has 0 amide bonds. The number of sulfone groups is 1. The van der Waals surface area contributed by atoms with Crippen LogP contribution in [-0.2, 0) is 9.84 Å². The number of halogens is 4. The number of hydrogen-bond acceptors (Lipinski definition) is 5. The number of β-amino-alcohol motifs (C(OH)–C–C–N with tert-alkyl or cyclic N) is 1. The first-order valence-corrected chi connectivity index (χ1v) is 9.90. The van der Waals surface area contributed by atoms with Crippen LogP contribution in [0.4, 0.5) is 18.9 Å². The lowest BCUT2D eigenvalue weighted by Crippen LogP contribution is -2.47. The number of nitrogens with zero attached hydrogens (tertiary/aromatic N) is 2. The third-order valence-electron chi connectivity index (χ3n) is 4.06. The van der Waals surface area contributed by atoms with Gasteiger partial charge in [0, 0.05) is 22.5 Å². The molecular formula is C17H14ClF3N2O3S. The Bertz CT molecular complexity index is 990. The highest BCUT2D eigenvalue weighted by atomic mass is 35.5. The van der Waals surface area contributed by atoms with Crippen molar-refractivity contribution < 1.29 is 26.7 Å². The first-order valence-electron chi connectivity index (χ1n) is 7.63. The maximum Gasteiger partial charge on any atom is 0.440 e. The summed E-state index contributed by atoms with van der Waals surface area (Å²) >= 11 is 5.82. The summed E-state index contributed by atoms with van der Waals surface area (Å²) in [4.78, 5) is 4.74. The van der Waals surface area contributed by atoms with Crippen LogP contribution >= 0.6 is 11.6 Å². The summed E-state index contributed by atoms with van der Waals surface area (Å²) in [5.41, 5.74) is -2.69. The van der Waals surface area contributed by atoms with E-state index in [1.807, 2.05) is 0 Å². The molecule has 0 spiro atoms. The Morgan fingerprint density at radius 1 is 1.11 bits per heavy atom. The molecule has 0 aliphatic carbocycles. The van der Waals surface area contributed by atoms with E-state index in [-0.39, 0.29) is 16.4 Å². The van der Waals surface area contributed by atoms with E-state index in [1.54, 1.807) is 0 Å². The third kappa shape index (κ3) is 3.80. The molecule has 0 radical (unpaired) electrons. The molecule has 0 aromatic heterocycles. The highest BCUT2D eigenvalue weighted by Crippen LogP contribution is 2.39. The molecule has 5 nitrogen and oxygen atoms in total. The lowest BCUT2D eigenvalue weighted by molar-refractivity contribution is -0.249. The second kappa shape index (κ2) is 6.50. The SMILES string of the molecule is CS(=O)(=O)c1ccc(N2CC(O)(C(F)(F)F)N=C2c2ccc(Cl)cc2)cc1. The van der Waals surface area contributed by atoms with Gasteiger partial charge in [0.05, 0.1) is 11.4 Å². The molecule has 1 N–H and O–H groups in total. The minimum absolute atomic E-state index is 0.0292.